The lowest BCUT2D eigenvalue weighted by Crippen LogP contribution is -1.98. The Morgan fingerprint density at radius 3 is 2.85 bits per heavy atom. The van der Waals surface area contributed by atoms with Crippen molar-refractivity contribution in [1.82, 2.24) is 9.55 Å². The molecule has 2 aromatic carbocycles. The van der Waals surface area contributed by atoms with Crippen molar-refractivity contribution in [3.05, 3.63) is 58.9 Å². The number of carboxylic acid groups (broad SMARTS) is 1. The van der Waals surface area contributed by atoms with Crippen LogP contribution in [0.25, 0.3) is 16.7 Å². The van der Waals surface area contributed by atoms with Crippen LogP contribution in [0.1, 0.15) is 15.9 Å². The van der Waals surface area contributed by atoms with E-state index in [1.807, 2.05) is 35.8 Å². The summed E-state index contributed by atoms with van der Waals surface area (Å²) in [5.74, 6) is -0.983. The molecule has 20 heavy (non-hydrogen) atoms. The first kappa shape index (κ1) is 12.7. The van der Waals surface area contributed by atoms with E-state index in [9.17, 15) is 9.90 Å². The predicted molar refractivity (Wildman–Crippen MR) is 77.8 cm³/mol. The maximum absolute atomic E-state index is 11.2. The van der Waals surface area contributed by atoms with Gasteiger partial charge in [-0.2, -0.15) is 0 Å². The maximum atomic E-state index is 11.2. The largest absolute Gasteiger partial charge is 0.478 e. The van der Waals surface area contributed by atoms with E-state index >= 15 is 0 Å². The predicted octanol–water partition coefficient (Wildman–Crippen LogP) is 3.69. The molecule has 100 valence electrons. The molecule has 0 radical (unpaired) electrons. The highest BCUT2D eigenvalue weighted by atomic mass is 35.5. The number of imidazole rings is 1. The fraction of sp³-hybridized carbons (Fsp3) is 0.0667. The van der Waals surface area contributed by atoms with E-state index in [1.165, 1.54) is 0 Å². The van der Waals surface area contributed by atoms with Crippen molar-refractivity contribution in [3.8, 4) is 5.69 Å². The molecule has 1 aromatic heterocycles. The minimum Gasteiger partial charge on any atom is -0.478 e. The van der Waals surface area contributed by atoms with Gasteiger partial charge in [0.2, 0.25) is 0 Å². The molecule has 0 saturated carbocycles. The molecule has 0 fully saturated rings. The van der Waals surface area contributed by atoms with E-state index in [2.05, 4.69) is 4.98 Å². The van der Waals surface area contributed by atoms with Gasteiger partial charge in [0, 0.05) is 5.02 Å². The second-order valence-electron chi connectivity index (χ2n) is 4.52. The topological polar surface area (TPSA) is 55.1 Å². The summed E-state index contributed by atoms with van der Waals surface area (Å²) in [5.41, 5.74) is 3.34. The Bertz CT molecular complexity index is 824. The van der Waals surface area contributed by atoms with Crippen molar-refractivity contribution in [2.24, 2.45) is 0 Å². The molecule has 3 aromatic rings. The van der Waals surface area contributed by atoms with Crippen molar-refractivity contribution < 1.29 is 9.90 Å². The second-order valence-corrected chi connectivity index (χ2v) is 4.96. The Hall–Kier alpha value is -2.33. The highest BCUT2D eigenvalue weighted by Crippen LogP contribution is 2.25. The molecule has 5 heteroatoms. The Balaban J connectivity index is 2.31. The lowest BCUT2D eigenvalue weighted by Gasteiger charge is -2.08. The number of para-hydroxylation sites is 1. The molecule has 0 spiro atoms. The first-order chi connectivity index (χ1) is 9.58. The number of aryl methyl sites for hydroxylation is 1. The first-order valence-electron chi connectivity index (χ1n) is 6.04. The average Bonchev–Trinajstić information content (AvgIpc) is 2.85. The monoisotopic (exact) mass is 286 g/mol. The zero-order valence-electron chi connectivity index (χ0n) is 10.7. The van der Waals surface area contributed by atoms with Crippen molar-refractivity contribution in [1.29, 1.82) is 0 Å². The Kier molecular flexibility index (Phi) is 2.95. The van der Waals surface area contributed by atoms with Gasteiger partial charge in [0.05, 0.1) is 16.8 Å². The summed E-state index contributed by atoms with van der Waals surface area (Å²) < 4.78 is 1.85. The van der Waals surface area contributed by atoms with Crippen LogP contribution in [-0.2, 0) is 0 Å². The summed E-state index contributed by atoms with van der Waals surface area (Å²) in [7, 11) is 0. The van der Waals surface area contributed by atoms with Gasteiger partial charge >= 0.3 is 5.97 Å². The SMILES string of the molecule is Cc1ccc(Cl)cc1-n1cnc2c(C(=O)O)cccc21. The van der Waals surface area contributed by atoms with Gasteiger partial charge in [0.25, 0.3) is 0 Å². The minimum atomic E-state index is -0.983. The van der Waals surface area contributed by atoms with Gasteiger partial charge in [-0.25, -0.2) is 9.78 Å². The van der Waals surface area contributed by atoms with Gasteiger partial charge in [-0.3, -0.25) is 4.57 Å². The molecule has 0 atom stereocenters. The standard InChI is InChI=1S/C15H11ClN2O2/c1-9-5-6-10(16)7-13(9)18-8-17-14-11(15(19)20)3-2-4-12(14)18/h2-8H,1H3,(H,19,20). The third-order valence-electron chi connectivity index (χ3n) is 3.24. The summed E-state index contributed by atoms with van der Waals surface area (Å²) in [5, 5.41) is 9.82. The van der Waals surface area contributed by atoms with Crippen LogP contribution < -0.4 is 0 Å². The van der Waals surface area contributed by atoms with Crippen LogP contribution in [0.4, 0.5) is 0 Å². The van der Waals surface area contributed by atoms with Crippen LogP contribution in [0.2, 0.25) is 5.02 Å². The summed E-state index contributed by atoms with van der Waals surface area (Å²) in [4.78, 5) is 15.4. The lowest BCUT2D eigenvalue weighted by atomic mass is 10.1. The molecule has 0 amide bonds. The van der Waals surface area contributed by atoms with E-state index in [1.54, 1.807) is 18.5 Å². The van der Waals surface area contributed by atoms with Gasteiger partial charge < -0.3 is 5.11 Å². The molecule has 0 aliphatic carbocycles. The molecule has 1 N–H and O–H groups in total. The number of rotatable bonds is 2. The van der Waals surface area contributed by atoms with Crippen LogP contribution in [-0.4, -0.2) is 20.6 Å². The summed E-state index contributed by atoms with van der Waals surface area (Å²) in [6.07, 6.45) is 1.62. The van der Waals surface area contributed by atoms with Crippen LogP contribution >= 0.6 is 11.6 Å². The number of carboxylic acids is 1. The van der Waals surface area contributed by atoms with Gasteiger partial charge in [0.1, 0.15) is 11.8 Å². The third kappa shape index (κ3) is 1.94. The molecule has 0 aliphatic heterocycles. The quantitative estimate of drug-likeness (QED) is 0.782. The van der Waals surface area contributed by atoms with Gasteiger partial charge in [-0.15, -0.1) is 0 Å². The van der Waals surface area contributed by atoms with Crippen molar-refractivity contribution in [3.63, 3.8) is 0 Å². The van der Waals surface area contributed by atoms with Crippen LogP contribution in [0.5, 0.6) is 0 Å². The molecular formula is C15H11ClN2O2. The Morgan fingerprint density at radius 2 is 2.10 bits per heavy atom. The zero-order valence-corrected chi connectivity index (χ0v) is 11.4. The van der Waals surface area contributed by atoms with Gasteiger partial charge in [0.15, 0.2) is 0 Å². The van der Waals surface area contributed by atoms with E-state index in [-0.39, 0.29) is 5.56 Å². The number of hydrogen-bond donors (Lipinski definition) is 1. The summed E-state index contributed by atoms with van der Waals surface area (Å²) in [6.45, 7) is 1.97. The second kappa shape index (κ2) is 4.65. The maximum Gasteiger partial charge on any atom is 0.337 e. The zero-order chi connectivity index (χ0) is 14.3. The molecule has 3 rings (SSSR count). The van der Waals surface area contributed by atoms with Crippen molar-refractivity contribution >= 4 is 28.6 Å². The first-order valence-corrected chi connectivity index (χ1v) is 6.41. The molecule has 0 bridgehead atoms. The van der Waals surface area contributed by atoms with E-state index in [4.69, 9.17) is 11.6 Å². The van der Waals surface area contributed by atoms with E-state index in [0.717, 1.165) is 16.8 Å². The summed E-state index contributed by atoms with van der Waals surface area (Å²) >= 11 is 6.04. The molecule has 1 heterocycles. The number of aromatic carboxylic acids is 1. The normalized spacial score (nSPS) is 10.9. The number of aromatic nitrogens is 2. The van der Waals surface area contributed by atoms with Crippen molar-refractivity contribution in [2.75, 3.05) is 0 Å². The number of hydrogen-bond acceptors (Lipinski definition) is 2. The smallest absolute Gasteiger partial charge is 0.337 e. The van der Waals surface area contributed by atoms with Crippen LogP contribution in [0, 0.1) is 6.92 Å². The average molecular weight is 287 g/mol. The fourth-order valence-corrected chi connectivity index (χ4v) is 2.41. The minimum absolute atomic E-state index is 0.195. The van der Waals surface area contributed by atoms with Gasteiger partial charge in [-0.05, 0) is 36.8 Å². The molecule has 0 aliphatic rings. The molecular weight excluding hydrogens is 276 g/mol. The molecule has 0 saturated heterocycles. The number of carbonyl (C=O) groups is 1. The number of nitrogens with zero attached hydrogens (tertiary/aromatic N) is 2. The Morgan fingerprint density at radius 1 is 1.30 bits per heavy atom. The number of halogens is 1. The lowest BCUT2D eigenvalue weighted by molar-refractivity contribution is 0.0699. The number of benzene rings is 2. The Labute approximate surface area is 120 Å². The molecule has 4 nitrogen and oxygen atoms in total. The van der Waals surface area contributed by atoms with E-state index in [0.29, 0.717) is 10.5 Å². The van der Waals surface area contributed by atoms with Crippen LogP contribution in [0.3, 0.4) is 0 Å². The fourth-order valence-electron chi connectivity index (χ4n) is 2.25. The van der Waals surface area contributed by atoms with Crippen LogP contribution in [0.15, 0.2) is 42.7 Å². The number of fused-ring (bicyclic) bond motifs is 1. The highest BCUT2D eigenvalue weighted by molar-refractivity contribution is 6.30. The van der Waals surface area contributed by atoms with Gasteiger partial charge in [-0.1, -0.05) is 23.7 Å². The van der Waals surface area contributed by atoms with Crippen molar-refractivity contribution in [2.45, 2.75) is 6.92 Å². The highest BCUT2D eigenvalue weighted by Gasteiger charge is 2.14. The molecule has 0 unspecified atom stereocenters. The summed E-state index contributed by atoms with van der Waals surface area (Å²) in [6, 6.07) is 10.7. The third-order valence-corrected chi connectivity index (χ3v) is 3.47. The van der Waals surface area contributed by atoms with E-state index < -0.39 is 5.97 Å².